The van der Waals surface area contributed by atoms with Crippen molar-refractivity contribution < 1.29 is 23.9 Å². The third-order valence-electron chi connectivity index (χ3n) is 5.47. The number of carbonyl (C=O) groups excluding carboxylic acids is 4. The van der Waals surface area contributed by atoms with Crippen LogP contribution in [0.15, 0.2) is 24.3 Å². The van der Waals surface area contributed by atoms with Gasteiger partial charge in [0.15, 0.2) is 0 Å². The average Bonchev–Trinajstić information content (AvgIpc) is 3.20. The Labute approximate surface area is 178 Å². The van der Waals surface area contributed by atoms with Crippen LogP contribution in [0.3, 0.4) is 0 Å². The number of anilines is 1. The molecule has 1 aliphatic carbocycles. The number of esters is 1. The quantitative estimate of drug-likeness (QED) is 0.583. The van der Waals surface area contributed by atoms with E-state index in [1.165, 1.54) is 11.3 Å². The van der Waals surface area contributed by atoms with Crippen molar-refractivity contribution >= 4 is 40.0 Å². The van der Waals surface area contributed by atoms with E-state index in [0.29, 0.717) is 21.7 Å². The fourth-order valence-corrected chi connectivity index (χ4v) is 5.46. The van der Waals surface area contributed by atoms with Gasteiger partial charge in [0, 0.05) is 4.88 Å². The molecule has 0 radical (unpaired) electrons. The summed E-state index contributed by atoms with van der Waals surface area (Å²) in [5, 5.41) is 3.18. The Kier molecular flexibility index (Phi) is 5.42. The molecule has 4 rings (SSSR count). The predicted octanol–water partition coefficient (Wildman–Crippen LogP) is 3.60. The van der Waals surface area contributed by atoms with Crippen molar-refractivity contribution in [2.24, 2.45) is 0 Å². The highest BCUT2D eigenvalue weighted by Gasteiger charge is 2.37. The van der Waals surface area contributed by atoms with Crippen molar-refractivity contribution in [3.63, 3.8) is 0 Å². The van der Waals surface area contributed by atoms with Crippen LogP contribution in [-0.2, 0) is 16.0 Å². The molecule has 0 fully saturated rings. The van der Waals surface area contributed by atoms with Crippen LogP contribution in [0.5, 0.6) is 0 Å². The van der Waals surface area contributed by atoms with Crippen molar-refractivity contribution in [2.45, 2.75) is 39.0 Å². The summed E-state index contributed by atoms with van der Waals surface area (Å²) in [5.74, 6) is -1.77. The molecule has 2 heterocycles. The Morgan fingerprint density at radius 3 is 2.50 bits per heavy atom. The summed E-state index contributed by atoms with van der Waals surface area (Å²) in [4.78, 5) is 52.4. The molecule has 0 saturated heterocycles. The molecule has 0 saturated carbocycles. The van der Waals surface area contributed by atoms with E-state index >= 15 is 0 Å². The molecule has 1 aromatic carbocycles. The first-order chi connectivity index (χ1) is 14.4. The molecule has 8 heteroatoms. The first kappa shape index (κ1) is 20.3. The van der Waals surface area contributed by atoms with Gasteiger partial charge in [-0.25, -0.2) is 4.79 Å². The van der Waals surface area contributed by atoms with Crippen LogP contribution in [0.4, 0.5) is 5.00 Å². The molecule has 156 valence electrons. The second-order valence-corrected chi connectivity index (χ2v) is 8.55. The lowest BCUT2D eigenvalue weighted by Gasteiger charge is -2.19. The second kappa shape index (κ2) is 8.02. The Balaban J connectivity index is 1.58. The molecular formula is C22H22N2O5S. The fourth-order valence-electron chi connectivity index (χ4n) is 4.10. The van der Waals surface area contributed by atoms with Gasteiger partial charge in [0.25, 0.3) is 11.8 Å². The number of aryl methyl sites for hydroxylation is 1. The summed E-state index contributed by atoms with van der Waals surface area (Å²) in [6.07, 6.45) is 2.85. The lowest BCUT2D eigenvalue weighted by Crippen LogP contribution is -2.37. The summed E-state index contributed by atoms with van der Waals surface area (Å²) in [7, 11) is 0. The summed E-state index contributed by atoms with van der Waals surface area (Å²) in [6.45, 7) is 3.63. The molecule has 1 N–H and O–H groups in total. The Morgan fingerprint density at radius 1 is 1.20 bits per heavy atom. The summed E-state index contributed by atoms with van der Waals surface area (Å²) >= 11 is 1.37. The number of hydrogen-bond donors (Lipinski definition) is 1. The van der Waals surface area contributed by atoms with Gasteiger partial charge in [-0.3, -0.25) is 19.3 Å². The van der Waals surface area contributed by atoms with Crippen LogP contribution in [0, 0.1) is 0 Å². The SMILES string of the molecule is CCOC(=O)c1c(NC(=O)CN2C(=O)c3ccccc3C2=O)sc2c1C(C)CCC2. The van der Waals surface area contributed by atoms with Gasteiger partial charge in [-0.05, 0) is 49.8 Å². The maximum atomic E-state index is 12.7. The van der Waals surface area contributed by atoms with Crippen molar-refractivity contribution in [1.82, 2.24) is 4.90 Å². The third kappa shape index (κ3) is 3.41. The molecule has 1 aliphatic heterocycles. The normalized spacial score (nSPS) is 17.5. The molecule has 0 spiro atoms. The highest BCUT2D eigenvalue weighted by atomic mass is 32.1. The predicted molar refractivity (Wildman–Crippen MR) is 112 cm³/mol. The van der Waals surface area contributed by atoms with Gasteiger partial charge in [-0.15, -0.1) is 11.3 Å². The molecule has 1 atom stereocenters. The largest absolute Gasteiger partial charge is 0.462 e. The second-order valence-electron chi connectivity index (χ2n) is 7.45. The van der Waals surface area contributed by atoms with Crippen molar-refractivity contribution in [2.75, 3.05) is 18.5 Å². The van der Waals surface area contributed by atoms with Gasteiger partial charge in [0.1, 0.15) is 11.5 Å². The monoisotopic (exact) mass is 426 g/mol. The van der Waals surface area contributed by atoms with Crippen LogP contribution in [0.2, 0.25) is 0 Å². The lowest BCUT2D eigenvalue weighted by molar-refractivity contribution is -0.116. The maximum Gasteiger partial charge on any atom is 0.341 e. The number of imide groups is 1. The number of ether oxygens (including phenoxy) is 1. The maximum absolute atomic E-state index is 12.7. The third-order valence-corrected chi connectivity index (χ3v) is 6.65. The fraction of sp³-hybridized carbons (Fsp3) is 0.364. The number of nitrogens with one attached hydrogen (secondary N) is 1. The van der Waals surface area contributed by atoms with Crippen molar-refractivity contribution in [3.05, 3.63) is 51.4 Å². The number of amides is 3. The zero-order valence-corrected chi connectivity index (χ0v) is 17.6. The molecule has 2 aromatic rings. The van der Waals surface area contributed by atoms with Crippen LogP contribution >= 0.6 is 11.3 Å². The van der Waals surface area contributed by atoms with Gasteiger partial charge in [-0.2, -0.15) is 0 Å². The van der Waals surface area contributed by atoms with E-state index in [0.717, 1.165) is 34.6 Å². The van der Waals surface area contributed by atoms with Gasteiger partial charge >= 0.3 is 5.97 Å². The van der Waals surface area contributed by atoms with E-state index in [1.54, 1.807) is 31.2 Å². The van der Waals surface area contributed by atoms with Crippen LogP contribution < -0.4 is 5.32 Å². The first-order valence-electron chi connectivity index (χ1n) is 10.00. The summed E-state index contributed by atoms with van der Waals surface area (Å²) in [5.41, 5.74) is 1.94. The van der Waals surface area contributed by atoms with E-state index in [1.807, 2.05) is 0 Å². The van der Waals surface area contributed by atoms with E-state index in [4.69, 9.17) is 4.74 Å². The number of benzene rings is 1. The van der Waals surface area contributed by atoms with E-state index < -0.39 is 30.2 Å². The number of rotatable bonds is 5. The number of carbonyl (C=O) groups is 4. The van der Waals surface area contributed by atoms with Crippen LogP contribution in [0.1, 0.15) is 74.1 Å². The van der Waals surface area contributed by atoms with Crippen molar-refractivity contribution in [1.29, 1.82) is 0 Å². The van der Waals surface area contributed by atoms with Crippen molar-refractivity contribution in [3.8, 4) is 0 Å². The molecule has 7 nitrogen and oxygen atoms in total. The smallest absolute Gasteiger partial charge is 0.341 e. The van der Waals surface area contributed by atoms with E-state index in [9.17, 15) is 19.2 Å². The van der Waals surface area contributed by atoms with E-state index in [-0.39, 0.29) is 12.5 Å². The molecule has 3 amide bonds. The lowest BCUT2D eigenvalue weighted by atomic mass is 9.86. The first-order valence-corrected chi connectivity index (χ1v) is 10.8. The molecular weight excluding hydrogens is 404 g/mol. The summed E-state index contributed by atoms with van der Waals surface area (Å²) in [6, 6.07) is 6.50. The van der Waals surface area contributed by atoms with Gasteiger partial charge in [0.2, 0.25) is 5.91 Å². The molecule has 1 unspecified atom stereocenters. The van der Waals surface area contributed by atoms with Crippen LogP contribution in [0.25, 0.3) is 0 Å². The highest BCUT2D eigenvalue weighted by Crippen LogP contribution is 2.43. The number of hydrogen-bond acceptors (Lipinski definition) is 6. The zero-order valence-electron chi connectivity index (χ0n) is 16.8. The average molecular weight is 426 g/mol. The van der Waals surface area contributed by atoms with Crippen LogP contribution in [-0.4, -0.2) is 41.7 Å². The Bertz CT molecular complexity index is 1020. The molecule has 1 aromatic heterocycles. The van der Waals surface area contributed by atoms with Gasteiger partial charge in [-0.1, -0.05) is 19.1 Å². The minimum atomic E-state index is -0.527. The van der Waals surface area contributed by atoms with Gasteiger partial charge < -0.3 is 10.1 Å². The number of thiophene rings is 1. The Hall–Kier alpha value is -3.00. The molecule has 30 heavy (non-hydrogen) atoms. The number of fused-ring (bicyclic) bond motifs is 2. The molecule has 2 aliphatic rings. The van der Waals surface area contributed by atoms with E-state index in [2.05, 4.69) is 12.2 Å². The Morgan fingerprint density at radius 2 is 1.87 bits per heavy atom. The minimum Gasteiger partial charge on any atom is -0.462 e. The topological polar surface area (TPSA) is 92.8 Å². The number of nitrogens with zero attached hydrogens (tertiary/aromatic N) is 1. The minimum absolute atomic E-state index is 0.200. The zero-order chi connectivity index (χ0) is 21.4. The summed E-state index contributed by atoms with van der Waals surface area (Å²) < 4.78 is 5.23. The highest BCUT2D eigenvalue weighted by molar-refractivity contribution is 7.17. The standard InChI is InChI=1S/C22H22N2O5S/c1-3-29-22(28)18-17-12(2)7-6-10-15(17)30-19(18)23-16(25)11-24-20(26)13-8-4-5-9-14(13)21(24)27/h4-5,8-9,12H,3,6-7,10-11H2,1-2H3,(H,23,25). The molecule has 0 bridgehead atoms. The van der Waals surface area contributed by atoms with Gasteiger partial charge in [0.05, 0.1) is 23.3 Å².